The molecule has 0 aliphatic carbocycles. The van der Waals surface area contributed by atoms with E-state index in [2.05, 4.69) is 32.9 Å². The first-order valence-corrected chi connectivity index (χ1v) is 17.6. The molecule has 0 aromatic rings. The topological polar surface area (TPSA) is 58.6 Å². The highest BCUT2D eigenvalue weighted by Gasteiger charge is 2.33. The molecule has 1 atom stereocenters. The molecule has 5 nitrogen and oxygen atoms in total. The molecule has 220 valence electrons. The van der Waals surface area contributed by atoms with E-state index in [4.69, 9.17) is 9.05 Å². The summed E-state index contributed by atoms with van der Waals surface area (Å²) in [6.07, 6.45) is 29.2. The van der Waals surface area contributed by atoms with Gasteiger partial charge in [0.25, 0.3) is 7.82 Å². The van der Waals surface area contributed by atoms with Gasteiger partial charge in [0.05, 0.1) is 38.9 Å². The Balaban J connectivity index is 1.85. The largest absolute Gasteiger partial charge is 0.756 e. The standard InChI is InChI=1S/C31H62NO4P/c1-4-7-8-9-10-11-12-13-14-15-16-17-18-19-20-21-22-23-24-25-30-35-37(33,34)36-31-26-28-32(5-2,6-3)29-27-31/h13-14,31H,4-12,15-30H2,1-3H3/b14-13-. The van der Waals surface area contributed by atoms with Crippen LogP contribution in [-0.2, 0) is 13.6 Å². The van der Waals surface area contributed by atoms with E-state index in [9.17, 15) is 9.46 Å². The summed E-state index contributed by atoms with van der Waals surface area (Å²) >= 11 is 0. The van der Waals surface area contributed by atoms with Gasteiger partial charge < -0.3 is 18.4 Å². The lowest BCUT2D eigenvalue weighted by atomic mass is 10.1. The lowest BCUT2D eigenvalue weighted by Crippen LogP contribution is -2.54. The number of allylic oxidation sites excluding steroid dienone is 2. The molecule has 37 heavy (non-hydrogen) atoms. The fourth-order valence-electron chi connectivity index (χ4n) is 5.50. The molecule has 1 heterocycles. The molecule has 0 aromatic heterocycles. The van der Waals surface area contributed by atoms with Crippen LogP contribution in [0.15, 0.2) is 12.2 Å². The maximum absolute atomic E-state index is 12.2. The van der Waals surface area contributed by atoms with Crippen LogP contribution < -0.4 is 4.89 Å². The van der Waals surface area contributed by atoms with Crippen molar-refractivity contribution >= 4 is 7.82 Å². The molecule has 0 spiro atoms. The number of quaternary nitrogens is 1. The fourth-order valence-corrected chi connectivity index (χ4v) is 6.49. The minimum Gasteiger partial charge on any atom is -0.756 e. The van der Waals surface area contributed by atoms with Gasteiger partial charge >= 0.3 is 0 Å². The van der Waals surface area contributed by atoms with Crippen molar-refractivity contribution in [2.75, 3.05) is 32.8 Å². The Morgan fingerprint density at radius 1 is 0.703 bits per heavy atom. The van der Waals surface area contributed by atoms with Gasteiger partial charge in [-0.2, -0.15) is 0 Å². The lowest BCUT2D eigenvalue weighted by molar-refractivity contribution is -0.930. The summed E-state index contributed by atoms with van der Waals surface area (Å²) in [5.74, 6) is 0. The van der Waals surface area contributed by atoms with E-state index in [1.54, 1.807) is 0 Å². The van der Waals surface area contributed by atoms with Crippen LogP contribution >= 0.6 is 7.82 Å². The summed E-state index contributed by atoms with van der Waals surface area (Å²) < 4.78 is 23.8. The molecule has 0 bridgehead atoms. The fraction of sp³-hybridized carbons (Fsp3) is 0.935. The van der Waals surface area contributed by atoms with E-state index >= 15 is 0 Å². The van der Waals surface area contributed by atoms with Crippen LogP contribution in [-0.4, -0.2) is 43.4 Å². The summed E-state index contributed by atoms with van der Waals surface area (Å²) in [6.45, 7) is 11.2. The van der Waals surface area contributed by atoms with Crippen LogP contribution in [0.5, 0.6) is 0 Å². The van der Waals surface area contributed by atoms with Crippen molar-refractivity contribution in [1.82, 2.24) is 0 Å². The van der Waals surface area contributed by atoms with E-state index in [0.29, 0.717) is 0 Å². The summed E-state index contributed by atoms with van der Waals surface area (Å²) in [5, 5.41) is 0. The van der Waals surface area contributed by atoms with Gasteiger partial charge in [-0.1, -0.05) is 103 Å². The Bertz CT molecular complexity index is 584. The van der Waals surface area contributed by atoms with Gasteiger partial charge in [-0.3, -0.25) is 4.57 Å². The SMILES string of the molecule is CCCCCCCC/C=C\CCCCCCCCCCCCOP(=O)([O-])OC1CC[N+](CC)(CC)CC1. The van der Waals surface area contributed by atoms with Crippen LogP contribution in [0, 0.1) is 0 Å². The lowest BCUT2D eigenvalue weighted by Gasteiger charge is -2.43. The molecule has 1 aliphatic heterocycles. The number of likely N-dealkylation sites (tertiary alicyclic amines) is 1. The molecule has 1 aliphatic rings. The number of unbranched alkanes of at least 4 members (excludes halogenated alkanes) is 16. The maximum Gasteiger partial charge on any atom is 0.268 e. The zero-order chi connectivity index (χ0) is 27.1. The molecule has 6 heteroatoms. The third-order valence-corrected chi connectivity index (χ3v) is 9.43. The molecular formula is C31H62NO4P. The summed E-state index contributed by atoms with van der Waals surface area (Å²) in [7, 11) is -4.18. The van der Waals surface area contributed by atoms with Crippen molar-refractivity contribution in [3.8, 4) is 0 Å². The van der Waals surface area contributed by atoms with Crippen LogP contribution in [0.1, 0.15) is 149 Å². The van der Waals surface area contributed by atoms with E-state index in [1.807, 2.05) is 0 Å². The van der Waals surface area contributed by atoms with Crippen molar-refractivity contribution in [2.45, 2.75) is 155 Å². The third-order valence-electron chi connectivity index (χ3n) is 8.38. The molecule has 1 fully saturated rings. The number of rotatable bonds is 25. The number of hydrogen-bond acceptors (Lipinski definition) is 4. The van der Waals surface area contributed by atoms with Gasteiger partial charge in [0.15, 0.2) is 0 Å². The second-order valence-corrected chi connectivity index (χ2v) is 12.7. The van der Waals surface area contributed by atoms with Gasteiger partial charge in [-0.05, 0) is 46.0 Å². The average Bonchev–Trinajstić information content (AvgIpc) is 2.90. The highest BCUT2D eigenvalue weighted by Crippen LogP contribution is 2.42. The highest BCUT2D eigenvalue weighted by molar-refractivity contribution is 7.45. The Hall–Kier alpha value is -0.190. The van der Waals surface area contributed by atoms with Crippen molar-refractivity contribution in [1.29, 1.82) is 0 Å². The number of piperidine rings is 1. The van der Waals surface area contributed by atoms with Gasteiger partial charge in [0.1, 0.15) is 0 Å². The van der Waals surface area contributed by atoms with E-state index < -0.39 is 7.82 Å². The zero-order valence-corrected chi connectivity index (χ0v) is 25.8. The number of phosphoric acid groups is 1. The highest BCUT2D eigenvalue weighted by atomic mass is 31.2. The second-order valence-electron chi connectivity index (χ2n) is 11.4. The van der Waals surface area contributed by atoms with Gasteiger partial charge in [-0.15, -0.1) is 0 Å². The van der Waals surface area contributed by atoms with Crippen molar-refractivity contribution in [3.63, 3.8) is 0 Å². The van der Waals surface area contributed by atoms with Crippen LogP contribution in [0.3, 0.4) is 0 Å². The maximum atomic E-state index is 12.2. The van der Waals surface area contributed by atoms with Gasteiger partial charge in [0.2, 0.25) is 0 Å². The zero-order valence-electron chi connectivity index (χ0n) is 24.9. The van der Waals surface area contributed by atoms with Crippen LogP contribution in [0.2, 0.25) is 0 Å². The van der Waals surface area contributed by atoms with Crippen LogP contribution in [0.25, 0.3) is 0 Å². The van der Waals surface area contributed by atoms with E-state index in [-0.39, 0.29) is 12.7 Å². The number of hydrogen-bond donors (Lipinski definition) is 0. The quantitative estimate of drug-likeness (QED) is 0.0498. The van der Waals surface area contributed by atoms with Gasteiger partial charge in [-0.25, -0.2) is 0 Å². The minimum atomic E-state index is -4.18. The Morgan fingerprint density at radius 2 is 1.14 bits per heavy atom. The van der Waals surface area contributed by atoms with Gasteiger partial charge in [0, 0.05) is 12.8 Å². The average molecular weight is 544 g/mol. The van der Waals surface area contributed by atoms with Crippen molar-refractivity contribution < 1.29 is 23.0 Å². The first kappa shape index (κ1) is 34.8. The number of phosphoric ester groups is 1. The van der Waals surface area contributed by atoms with E-state index in [1.165, 1.54) is 96.3 Å². The minimum absolute atomic E-state index is 0.209. The molecule has 0 amide bonds. The molecule has 0 radical (unpaired) electrons. The van der Waals surface area contributed by atoms with Crippen LogP contribution in [0.4, 0.5) is 0 Å². The first-order chi connectivity index (χ1) is 18.0. The molecule has 0 aromatic carbocycles. The van der Waals surface area contributed by atoms with Crippen molar-refractivity contribution in [2.24, 2.45) is 0 Å². The predicted molar refractivity (Wildman–Crippen MR) is 157 cm³/mol. The first-order valence-electron chi connectivity index (χ1n) is 16.1. The van der Waals surface area contributed by atoms with E-state index in [0.717, 1.165) is 62.8 Å². The normalized spacial score (nSPS) is 17.9. The monoisotopic (exact) mass is 543 g/mol. The molecular weight excluding hydrogens is 481 g/mol. The molecule has 1 saturated heterocycles. The molecule has 0 N–H and O–H groups in total. The smallest absolute Gasteiger partial charge is 0.268 e. The molecule has 0 saturated carbocycles. The Kier molecular flexibility index (Phi) is 21.3. The Labute approximate surface area is 231 Å². The second kappa shape index (κ2) is 22.6. The summed E-state index contributed by atoms with van der Waals surface area (Å²) in [4.78, 5) is 12.2. The Morgan fingerprint density at radius 3 is 1.59 bits per heavy atom. The van der Waals surface area contributed by atoms with Crippen molar-refractivity contribution in [3.05, 3.63) is 12.2 Å². The number of nitrogens with zero attached hydrogens (tertiary/aromatic N) is 1. The third kappa shape index (κ3) is 18.7. The summed E-state index contributed by atoms with van der Waals surface area (Å²) in [6, 6.07) is 0. The predicted octanol–water partition coefficient (Wildman–Crippen LogP) is 9.10. The molecule has 1 unspecified atom stereocenters. The molecule has 1 rings (SSSR count). The summed E-state index contributed by atoms with van der Waals surface area (Å²) in [5.41, 5.74) is 0.